The summed E-state index contributed by atoms with van der Waals surface area (Å²) in [5.41, 5.74) is 14.5. The van der Waals surface area contributed by atoms with Crippen LogP contribution < -0.4 is 21.5 Å². The maximum atomic E-state index is 11.0. The van der Waals surface area contributed by atoms with Crippen molar-refractivity contribution in [3.63, 3.8) is 0 Å². The van der Waals surface area contributed by atoms with E-state index in [1.54, 1.807) is 6.07 Å². The highest BCUT2D eigenvalue weighted by molar-refractivity contribution is 5.84. The Morgan fingerprint density at radius 3 is 2.61 bits per heavy atom. The molecule has 5 rings (SSSR count). The number of nitrogens with two attached hydrogens (primary N) is 2. The van der Waals surface area contributed by atoms with Crippen molar-refractivity contribution in [3.8, 4) is 16.9 Å². The third-order valence-corrected chi connectivity index (χ3v) is 6.23. The fraction of sp³-hybridized carbons (Fsp3) is 0.280. The molecule has 1 aliphatic heterocycles. The third-order valence-electron chi connectivity index (χ3n) is 6.23. The number of aliphatic hydroxyl groups is 3. The summed E-state index contributed by atoms with van der Waals surface area (Å²) in [6.45, 7) is -0.306. The second kappa shape index (κ2) is 10.6. The van der Waals surface area contributed by atoms with Gasteiger partial charge < -0.3 is 41.6 Å². The van der Waals surface area contributed by atoms with Crippen molar-refractivity contribution >= 4 is 28.8 Å². The summed E-state index contributed by atoms with van der Waals surface area (Å²) in [5.74, 6) is 0.437. The van der Waals surface area contributed by atoms with E-state index in [1.807, 2.05) is 42.5 Å². The summed E-state index contributed by atoms with van der Waals surface area (Å²) in [5, 5.41) is 33.6. The van der Waals surface area contributed by atoms with E-state index in [9.17, 15) is 20.1 Å². The van der Waals surface area contributed by atoms with E-state index >= 15 is 0 Å². The van der Waals surface area contributed by atoms with Crippen molar-refractivity contribution in [3.05, 3.63) is 60.4 Å². The molecule has 13 heteroatoms. The number of fused-ring (bicyclic) bond motifs is 1. The fourth-order valence-electron chi connectivity index (χ4n) is 4.30. The molecule has 4 aromatic rings. The van der Waals surface area contributed by atoms with Gasteiger partial charge in [0.25, 0.3) is 5.91 Å². The average Bonchev–Trinajstić information content (AvgIpc) is 3.43. The zero-order valence-electron chi connectivity index (χ0n) is 20.1. The minimum atomic E-state index is -1.33. The van der Waals surface area contributed by atoms with Gasteiger partial charge in [0, 0.05) is 6.54 Å². The maximum Gasteiger partial charge on any atom is 0.255 e. The Hall–Kier alpha value is -4.30. The first kappa shape index (κ1) is 25.4. The maximum absolute atomic E-state index is 11.0. The molecule has 0 saturated carbocycles. The number of carbonyl (C=O) groups excluding carboxylic acids is 1. The lowest BCUT2D eigenvalue weighted by molar-refractivity contribution is -0.119. The number of benzene rings is 2. The molecule has 198 valence electrons. The number of hydrogen-bond acceptors (Lipinski definition) is 11. The van der Waals surface area contributed by atoms with Crippen LogP contribution in [0.15, 0.2) is 54.9 Å². The van der Waals surface area contributed by atoms with Crippen LogP contribution in [0.3, 0.4) is 0 Å². The van der Waals surface area contributed by atoms with Crippen LogP contribution in [0.5, 0.6) is 5.75 Å². The lowest BCUT2D eigenvalue weighted by atomic mass is 10.0. The highest BCUT2D eigenvalue weighted by atomic mass is 16.6. The normalized spacial score (nSPS) is 21.0. The molecular weight excluding hydrogens is 494 g/mol. The van der Waals surface area contributed by atoms with Gasteiger partial charge in [0.1, 0.15) is 30.4 Å². The van der Waals surface area contributed by atoms with Gasteiger partial charge in [-0.15, -0.1) is 0 Å². The van der Waals surface area contributed by atoms with Gasteiger partial charge in [0.15, 0.2) is 29.8 Å². The molecule has 0 bridgehead atoms. The van der Waals surface area contributed by atoms with Crippen LogP contribution >= 0.6 is 0 Å². The van der Waals surface area contributed by atoms with Gasteiger partial charge in [-0.1, -0.05) is 36.4 Å². The van der Waals surface area contributed by atoms with Crippen LogP contribution in [0.4, 0.5) is 11.8 Å². The molecule has 8 N–H and O–H groups in total. The zero-order valence-corrected chi connectivity index (χ0v) is 20.1. The molecular formula is C25H27N7O6. The number of primary amides is 1. The Balaban J connectivity index is 1.36. The summed E-state index contributed by atoms with van der Waals surface area (Å²) in [7, 11) is 0. The van der Waals surface area contributed by atoms with E-state index < -0.39 is 37.1 Å². The molecule has 4 atom stereocenters. The number of rotatable bonds is 9. The third kappa shape index (κ3) is 4.95. The van der Waals surface area contributed by atoms with Crippen molar-refractivity contribution in [1.82, 2.24) is 19.5 Å². The summed E-state index contributed by atoms with van der Waals surface area (Å²) in [6.07, 6.45) is -3.37. The molecule has 3 heterocycles. The molecule has 13 nitrogen and oxygen atoms in total. The van der Waals surface area contributed by atoms with Crippen molar-refractivity contribution in [2.24, 2.45) is 5.73 Å². The number of anilines is 2. The fourth-order valence-corrected chi connectivity index (χ4v) is 4.30. The van der Waals surface area contributed by atoms with Crippen LogP contribution in [0.25, 0.3) is 22.3 Å². The molecule has 0 unspecified atom stereocenters. The molecule has 0 radical (unpaired) electrons. The van der Waals surface area contributed by atoms with Crippen LogP contribution in [0.1, 0.15) is 11.8 Å². The Bertz CT molecular complexity index is 1440. The monoisotopic (exact) mass is 521 g/mol. The number of ether oxygens (including phenoxy) is 2. The summed E-state index contributed by atoms with van der Waals surface area (Å²) in [4.78, 5) is 23.7. The highest BCUT2D eigenvalue weighted by Gasteiger charge is 2.45. The number of imidazole rings is 1. The minimum absolute atomic E-state index is 0.148. The van der Waals surface area contributed by atoms with Crippen molar-refractivity contribution in [1.29, 1.82) is 0 Å². The number of hydrogen-bond donors (Lipinski definition) is 6. The van der Waals surface area contributed by atoms with E-state index in [0.29, 0.717) is 29.4 Å². The highest BCUT2D eigenvalue weighted by Crippen LogP contribution is 2.35. The Morgan fingerprint density at radius 1 is 1.11 bits per heavy atom. The first-order chi connectivity index (χ1) is 18.4. The van der Waals surface area contributed by atoms with Crippen LogP contribution in [-0.4, -0.2) is 72.3 Å². The van der Waals surface area contributed by atoms with Gasteiger partial charge in [-0.3, -0.25) is 9.36 Å². The SMILES string of the molecule is NC(=O)COc1cccc(-c2ccc(CNc3nc4c(N)ncnc4n3[C@@H]3O[C@H](CO)[C@@H](O)[C@H]3O)cc2)c1. The van der Waals surface area contributed by atoms with Crippen molar-refractivity contribution in [2.45, 2.75) is 31.1 Å². The Kier molecular flexibility index (Phi) is 7.07. The van der Waals surface area contributed by atoms with E-state index in [4.69, 9.17) is 20.9 Å². The van der Waals surface area contributed by atoms with Gasteiger partial charge in [-0.2, -0.15) is 0 Å². The minimum Gasteiger partial charge on any atom is -0.484 e. The topological polar surface area (TPSA) is 204 Å². The van der Waals surface area contributed by atoms with Gasteiger partial charge in [0.05, 0.1) is 6.61 Å². The van der Waals surface area contributed by atoms with E-state index in [2.05, 4.69) is 20.3 Å². The molecule has 2 aromatic heterocycles. The largest absolute Gasteiger partial charge is 0.484 e. The number of amides is 1. The molecule has 1 saturated heterocycles. The molecule has 1 fully saturated rings. The zero-order chi connectivity index (χ0) is 26.8. The molecule has 0 aliphatic carbocycles. The van der Waals surface area contributed by atoms with Gasteiger partial charge >= 0.3 is 0 Å². The second-order valence-corrected chi connectivity index (χ2v) is 8.80. The van der Waals surface area contributed by atoms with Crippen LogP contribution in [0.2, 0.25) is 0 Å². The first-order valence-electron chi connectivity index (χ1n) is 11.8. The van der Waals surface area contributed by atoms with Crippen LogP contribution in [-0.2, 0) is 16.1 Å². The first-order valence-corrected chi connectivity index (χ1v) is 11.8. The molecule has 38 heavy (non-hydrogen) atoms. The predicted octanol–water partition coefficient (Wildman–Crippen LogP) is 0.163. The van der Waals surface area contributed by atoms with E-state index in [0.717, 1.165) is 16.7 Å². The van der Waals surface area contributed by atoms with Gasteiger partial charge in [-0.25, -0.2) is 15.0 Å². The van der Waals surface area contributed by atoms with Gasteiger partial charge in [-0.05, 0) is 28.8 Å². The number of nitrogens with zero attached hydrogens (tertiary/aromatic N) is 4. The second-order valence-electron chi connectivity index (χ2n) is 8.80. The predicted molar refractivity (Wildman–Crippen MR) is 137 cm³/mol. The number of nitrogens with one attached hydrogen (secondary N) is 1. The molecule has 2 aromatic carbocycles. The lowest BCUT2D eigenvalue weighted by Gasteiger charge is -2.19. The average molecular weight is 522 g/mol. The summed E-state index contributed by atoms with van der Waals surface area (Å²) < 4.78 is 12.6. The molecule has 1 amide bonds. The lowest BCUT2D eigenvalue weighted by Crippen LogP contribution is -2.33. The summed E-state index contributed by atoms with van der Waals surface area (Å²) in [6, 6.07) is 15.1. The Morgan fingerprint density at radius 2 is 1.89 bits per heavy atom. The molecule has 1 aliphatic rings. The van der Waals surface area contributed by atoms with Crippen molar-refractivity contribution in [2.75, 3.05) is 24.3 Å². The summed E-state index contributed by atoms with van der Waals surface area (Å²) >= 11 is 0. The van der Waals surface area contributed by atoms with E-state index in [-0.39, 0.29) is 12.4 Å². The number of nitrogen functional groups attached to an aromatic ring is 1. The van der Waals surface area contributed by atoms with Gasteiger partial charge in [0.2, 0.25) is 5.95 Å². The Labute approximate surface area is 216 Å². The van der Waals surface area contributed by atoms with Crippen LogP contribution in [0, 0.1) is 0 Å². The number of carbonyl (C=O) groups is 1. The van der Waals surface area contributed by atoms with Crippen molar-refractivity contribution < 1.29 is 29.6 Å². The smallest absolute Gasteiger partial charge is 0.255 e. The van der Waals surface area contributed by atoms with E-state index in [1.165, 1.54) is 10.9 Å². The quantitative estimate of drug-likeness (QED) is 0.175. The number of aromatic nitrogens is 4. The molecule has 0 spiro atoms. The standard InChI is InChI=1S/C25H27N7O6/c26-18(34)11-37-16-3-1-2-15(8-16)14-6-4-13(5-7-14)9-28-25-31-19-22(27)29-12-30-23(19)32(25)24-21(36)20(35)17(10-33)38-24/h1-8,12,17,20-21,24,33,35-36H,9-11H2,(H2,26,34)(H,28,31)(H2,27,29,30)/t17-,20-,21-,24-/m1/s1. The number of aliphatic hydroxyl groups excluding tert-OH is 3.